The Morgan fingerprint density at radius 2 is 1.83 bits per heavy atom. The van der Waals surface area contributed by atoms with Crippen molar-refractivity contribution in [2.45, 2.75) is 76.0 Å². The number of aromatic nitrogens is 2. The topological polar surface area (TPSA) is 94.7 Å². The normalized spacial score (nSPS) is 21.3. The number of hydrogen-bond donors (Lipinski definition) is 1. The SMILES string of the molecule is O=C(O)c1ncc(OCC2CCC(/C=C/c3c(-c4ccccc4C(F)(F)F)noc3C3CC3)CC2)cc1OC1CCC1. The van der Waals surface area contributed by atoms with Crippen molar-refractivity contribution in [3.8, 4) is 22.8 Å². The number of aromatic carboxylic acids is 1. The summed E-state index contributed by atoms with van der Waals surface area (Å²) in [5.41, 5.74) is 0.103. The molecule has 3 fully saturated rings. The van der Waals surface area contributed by atoms with Gasteiger partial charge in [0.1, 0.15) is 17.2 Å². The molecule has 0 bridgehead atoms. The van der Waals surface area contributed by atoms with Crippen LogP contribution in [0.15, 0.2) is 47.1 Å². The summed E-state index contributed by atoms with van der Waals surface area (Å²) in [6, 6.07) is 7.12. The Morgan fingerprint density at radius 3 is 2.50 bits per heavy atom. The molecule has 0 aliphatic heterocycles. The summed E-state index contributed by atoms with van der Waals surface area (Å²) in [6.45, 7) is 0.489. The summed E-state index contributed by atoms with van der Waals surface area (Å²) in [7, 11) is 0. The van der Waals surface area contributed by atoms with Gasteiger partial charge in [-0.2, -0.15) is 13.2 Å². The molecule has 7 nitrogen and oxygen atoms in total. The van der Waals surface area contributed by atoms with Gasteiger partial charge in [-0.15, -0.1) is 0 Å². The molecule has 3 aromatic rings. The van der Waals surface area contributed by atoms with Crippen molar-refractivity contribution in [2.75, 3.05) is 6.61 Å². The van der Waals surface area contributed by atoms with Crippen molar-refractivity contribution < 1.29 is 37.1 Å². The van der Waals surface area contributed by atoms with Gasteiger partial charge in [-0.3, -0.25) is 0 Å². The number of halogens is 3. The van der Waals surface area contributed by atoms with Crippen LogP contribution in [0.5, 0.6) is 11.5 Å². The predicted molar refractivity (Wildman–Crippen MR) is 148 cm³/mol. The molecule has 0 atom stereocenters. The summed E-state index contributed by atoms with van der Waals surface area (Å²) in [4.78, 5) is 15.6. The highest BCUT2D eigenvalue weighted by molar-refractivity contribution is 5.88. The molecule has 1 aromatic carbocycles. The van der Waals surface area contributed by atoms with E-state index in [2.05, 4.69) is 16.2 Å². The first-order valence-electron chi connectivity index (χ1n) is 14.6. The molecule has 0 saturated heterocycles. The van der Waals surface area contributed by atoms with Gasteiger partial charge in [-0.25, -0.2) is 9.78 Å². The van der Waals surface area contributed by atoms with Crippen LogP contribution >= 0.6 is 0 Å². The zero-order chi connectivity index (χ0) is 29.3. The Balaban J connectivity index is 1.09. The number of ether oxygens (including phenoxy) is 2. The number of carboxylic acids is 1. The van der Waals surface area contributed by atoms with Gasteiger partial charge < -0.3 is 19.1 Å². The van der Waals surface area contributed by atoms with Crippen LogP contribution in [0, 0.1) is 11.8 Å². The number of rotatable bonds is 10. The lowest BCUT2D eigenvalue weighted by Crippen LogP contribution is -2.25. The molecule has 3 aliphatic rings. The highest BCUT2D eigenvalue weighted by Crippen LogP contribution is 2.46. The molecule has 10 heteroatoms. The fourth-order valence-electron chi connectivity index (χ4n) is 5.66. The van der Waals surface area contributed by atoms with Crippen LogP contribution < -0.4 is 9.47 Å². The Bertz CT molecular complexity index is 1450. The molecule has 3 saturated carbocycles. The monoisotopic (exact) mass is 582 g/mol. The number of hydrogen-bond acceptors (Lipinski definition) is 6. The van der Waals surface area contributed by atoms with Crippen molar-refractivity contribution in [2.24, 2.45) is 11.8 Å². The van der Waals surface area contributed by atoms with Crippen molar-refractivity contribution >= 4 is 12.0 Å². The first kappa shape index (κ1) is 28.3. The van der Waals surface area contributed by atoms with Gasteiger partial charge in [-0.1, -0.05) is 35.5 Å². The second kappa shape index (κ2) is 11.8. The summed E-state index contributed by atoms with van der Waals surface area (Å²) in [5, 5.41) is 13.5. The molecular formula is C32H33F3N2O5. The van der Waals surface area contributed by atoms with E-state index in [1.54, 1.807) is 12.1 Å². The number of allylic oxidation sites excluding steroid dienone is 1. The van der Waals surface area contributed by atoms with E-state index in [1.165, 1.54) is 18.3 Å². The lowest BCUT2D eigenvalue weighted by molar-refractivity contribution is -0.137. The van der Waals surface area contributed by atoms with Gasteiger partial charge in [0.05, 0.1) is 24.5 Å². The first-order chi connectivity index (χ1) is 20.3. The van der Waals surface area contributed by atoms with E-state index in [9.17, 15) is 23.1 Å². The Labute approximate surface area is 241 Å². The lowest BCUT2D eigenvalue weighted by Gasteiger charge is -2.28. The standard InChI is InChI=1S/C32H33F3N2O5/c33-32(34,35)26-7-2-1-6-24(26)28-25(30(42-37-28)21-13-14-21)15-12-19-8-10-20(11-9-19)18-40-23-16-27(41-22-4-3-5-22)29(31(38)39)36-17-23/h1-2,6-7,12,15-17,19-22H,3-5,8-11,13-14,18H2,(H,38,39)/b15-12+. The van der Waals surface area contributed by atoms with Gasteiger partial charge in [0, 0.05) is 23.1 Å². The number of carboxylic acid groups (broad SMARTS) is 1. The molecule has 0 radical (unpaired) electrons. The zero-order valence-electron chi connectivity index (χ0n) is 23.1. The van der Waals surface area contributed by atoms with Gasteiger partial charge in [0.25, 0.3) is 0 Å². The highest BCUT2D eigenvalue weighted by Gasteiger charge is 2.37. The molecule has 42 heavy (non-hydrogen) atoms. The maximum absolute atomic E-state index is 13.7. The Morgan fingerprint density at radius 1 is 1.07 bits per heavy atom. The van der Waals surface area contributed by atoms with E-state index in [-0.39, 0.29) is 40.6 Å². The van der Waals surface area contributed by atoms with E-state index < -0.39 is 17.7 Å². The van der Waals surface area contributed by atoms with Gasteiger partial charge in [0.15, 0.2) is 11.4 Å². The van der Waals surface area contributed by atoms with Crippen LogP contribution in [0.1, 0.15) is 91.1 Å². The maximum Gasteiger partial charge on any atom is 0.417 e. The second-order valence-corrected chi connectivity index (χ2v) is 11.6. The van der Waals surface area contributed by atoms with E-state index in [0.29, 0.717) is 29.6 Å². The first-order valence-corrected chi connectivity index (χ1v) is 14.6. The van der Waals surface area contributed by atoms with Crippen molar-refractivity contribution in [1.82, 2.24) is 10.1 Å². The van der Waals surface area contributed by atoms with E-state index in [0.717, 1.165) is 63.9 Å². The average Bonchev–Trinajstić information content (AvgIpc) is 3.71. The Kier molecular flexibility index (Phi) is 7.96. The van der Waals surface area contributed by atoms with Gasteiger partial charge in [-0.05, 0) is 75.7 Å². The minimum Gasteiger partial charge on any atom is -0.492 e. The molecule has 0 unspecified atom stereocenters. The van der Waals surface area contributed by atoms with E-state index >= 15 is 0 Å². The fourth-order valence-corrected chi connectivity index (χ4v) is 5.66. The highest BCUT2D eigenvalue weighted by atomic mass is 19.4. The molecule has 3 aliphatic carbocycles. The second-order valence-electron chi connectivity index (χ2n) is 11.6. The summed E-state index contributed by atoms with van der Waals surface area (Å²) in [5.74, 6) is 1.09. The molecule has 0 spiro atoms. The minimum absolute atomic E-state index is 0.0251. The number of pyridine rings is 1. The third kappa shape index (κ3) is 6.32. The maximum atomic E-state index is 13.7. The van der Waals surface area contributed by atoms with Crippen LogP contribution in [0.3, 0.4) is 0 Å². The van der Waals surface area contributed by atoms with Crippen LogP contribution in [-0.2, 0) is 6.18 Å². The third-order valence-electron chi connectivity index (χ3n) is 8.48. The van der Waals surface area contributed by atoms with Crippen molar-refractivity contribution in [3.05, 3.63) is 65.2 Å². The van der Waals surface area contributed by atoms with Crippen molar-refractivity contribution in [3.63, 3.8) is 0 Å². The molecule has 1 N–H and O–H groups in total. The van der Waals surface area contributed by atoms with Crippen molar-refractivity contribution in [1.29, 1.82) is 0 Å². The molecule has 0 amide bonds. The van der Waals surface area contributed by atoms with Gasteiger partial charge in [0.2, 0.25) is 0 Å². The van der Waals surface area contributed by atoms with Crippen LogP contribution in [0.25, 0.3) is 17.3 Å². The zero-order valence-corrected chi connectivity index (χ0v) is 23.1. The summed E-state index contributed by atoms with van der Waals surface area (Å²) < 4.78 is 58.7. The van der Waals surface area contributed by atoms with Crippen LogP contribution in [0.4, 0.5) is 13.2 Å². The molecule has 6 rings (SSSR count). The molecular weight excluding hydrogens is 549 g/mol. The Hall–Kier alpha value is -3.82. The number of carbonyl (C=O) groups is 1. The largest absolute Gasteiger partial charge is 0.492 e. The number of benzene rings is 1. The quantitative estimate of drug-likeness (QED) is 0.258. The molecule has 2 heterocycles. The third-order valence-corrected chi connectivity index (χ3v) is 8.48. The summed E-state index contributed by atoms with van der Waals surface area (Å²) in [6.07, 6.45) is 9.46. The average molecular weight is 583 g/mol. The van der Waals surface area contributed by atoms with Crippen LogP contribution in [-0.4, -0.2) is 33.9 Å². The number of alkyl halides is 3. The van der Waals surface area contributed by atoms with Crippen LogP contribution in [0.2, 0.25) is 0 Å². The number of nitrogens with zero attached hydrogens (tertiary/aromatic N) is 2. The summed E-state index contributed by atoms with van der Waals surface area (Å²) >= 11 is 0. The minimum atomic E-state index is -4.49. The van der Waals surface area contributed by atoms with E-state index in [1.807, 2.05) is 6.08 Å². The fraction of sp³-hybridized carbons (Fsp3) is 0.469. The molecule has 2 aromatic heterocycles. The smallest absolute Gasteiger partial charge is 0.417 e. The van der Waals surface area contributed by atoms with Gasteiger partial charge >= 0.3 is 12.1 Å². The lowest BCUT2D eigenvalue weighted by atomic mass is 9.82. The van der Waals surface area contributed by atoms with E-state index in [4.69, 9.17) is 14.0 Å². The predicted octanol–water partition coefficient (Wildman–Crippen LogP) is 8.16. The molecule has 222 valence electrons.